The molecule has 2 heterocycles. The normalized spacial score (nSPS) is 19.8. The first-order chi connectivity index (χ1) is 16.5. The molecule has 0 saturated carbocycles. The van der Waals surface area contributed by atoms with Gasteiger partial charge in [0, 0.05) is 52.0 Å². The maximum Gasteiger partial charge on any atom is 0.338 e. The number of ether oxygens (including phenoxy) is 1. The van der Waals surface area contributed by atoms with Crippen LogP contribution in [-0.4, -0.2) is 73.1 Å². The second kappa shape index (κ2) is 10.8. The largest absolute Gasteiger partial charge is 0.463 e. The number of hydrogen-bond acceptors (Lipinski definition) is 5. The fourth-order valence-electron chi connectivity index (χ4n) is 4.46. The average molecular weight is 467 g/mol. The minimum atomic E-state index is -0.697. The lowest BCUT2D eigenvalue weighted by atomic mass is 9.94. The maximum atomic E-state index is 13.5. The van der Waals surface area contributed by atoms with E-state index in [1.807, 2.05) is 6.07 Å². The van der Waals surface area contributed by atoms with Gasteiger partial charge in [0.2, 0.25) is 0 Å². The number of piperazine rings is 1. The van der Waals surface area contributed by atoms with Gasteiger partial charge in [-0.25, -0.2) is 14.0 Å². The predicted molar refractivity (Wildman–Crippen MR) is 127 cm³/mol. The van der Waals surface area contributed by atoms with Gasteiger partial charge in [0.15, 0.2) is 0 Å². The summed E-state index contributed by atoms with van der Waals surface area (Å²) in [7, 11) is 1.66. The van der Waals surface area contributed by atoms with Crippen molar-refractivity contribution in [2.45, 2.75) is 19.5 Å². The number of nitrogens with one attached hydrogen (secondary N) is 1. The summed E-state index contributed by atoms with van der Waals surface area (Å²) in [6.07, 6.45) is 0. The Balaban J connectivity index is 1.55. The fraction of sp³-hybridized carbons (Fsp3) is 0.385. The molecule has 2 aliphatic heterocycles. The van der Waals surface area contributed by atoms with Crippen molar-refractivity contribution in [3.05, 3.63) is 82.8 Å². The molecule has 2 aromatic carbocycles. The third-order valence-corrected chi connectivity index (χ3v) is 6.36. The number of hydrogen-bond donors (Lipinski definition) is 1. The number of urea groups is 1. The van der Waals surface area contributed by atoms with E-state index in [0.29, 0.717) is 23.4 Å². The quantitative estimate of drug-likeness (QED) is 0.635. The van der Waals surface area contributed by atoms with Crippen LogP contribution in [0.1, 0.15) is 24.1 Å². The SMILES string of the molecule is CCOC(=O)C1=C(CN2CCN(Cc3ccccc3)CC2)N(C)C(=O)NC1c1ccc(F)cc1. The van der Waals surface area contributed by atoms with Gasteiger partial charge in [0.25, 0.3) is 0 Å². The molecular weight excluding hydrogens is 435 g/mol. The van der Waals surface area contributed by atoms with E-state index in [1.165, 1.54) is 22.6 Å². The third-order valence-electron chi connectivity index (χ3n) is 6.36. The van der Waals surface area contributed by atoms with Crippen LogP contribution < -0.4 is 5.32 Å². The molecule has 0 radical (unpaired) electrons. The molecule has 4 rings (SSSR count). The second-order valence-electron chi connectivity index (χ2n) is 8.61. The monoisotopic (exact) mass is 466 g/mol. The number of nitrogens with zero attached hydrogens (tertiary/aromatic N) is 3. The van der Waals surface area contributed by atoms with Crippen molar-refractivity contribution in [1.29, 1.82) is 0 Å². The molecule has 8 heteroatoms. The van der Waals surface area contributed by atoms with Crippen LogP contribution in [0.25, 0.3) is 0 Å². The molecule has 1 fully saturated rings. The summed E-state index contributed by atoms with van der Waals surface area (Å²) in [6, 6.07) is 15.2. The minimum absolute atomic E-state index is 0.224. The predicted octanol–water partition coefficient (Wildman–Crippen LogP) is 3.16. The van der Waals surface area contributed by atoms with E-state index in [2.05, 4.69) is 39.4 Å². The summed E-state index contributed by atoms with van der Waals surface area (Å²) < 4.78 is 18.9. The van der Waals surface area contributed by atoms with Gasteiger partial charge in [-0.05, 0) is 30.2 Å². The van der Waals surface area contributed by atoms with Gasteiger partial charge in [0.05, 0.1) is 18.2 Å². The summed E-state index contributed by atoms with van der Waals surface area (Å²) in [4.78, 5) is 32.0. The molecular formula is C26H31FN4O3. The Morgan fingerprint density at radius 1 is 1.00 bits per heavy atom. The van der Waals surface area contributed by atoms with Gasteiger partial charge in [0.1, 0.15) is 5.82 Å². The zero-order valence-corrected chi connectivity index (χ0v) is 19.7. The van der Waals surface area contributed by atoms with Gasteiger partial charge in [-0.2, -0.15) is 0 Å². The number of amides is 2. The van der Waals surface area contributed by atoms with Crippen LogP contribution in [-0.2, 0) is 16.1 Å². The number of halogens is 1. The summed E-state index contributed by atoms with van der Waals surface area (Å²) in [6.45, 7) is 6.77. The molecule has 2 amide bonds. The van der Waals surface area contributed by atoms with Crippen LogP contribution in [0.15, 0.2) is 65.9 Å². The van der Waals surface area contributed by atoms with Gasteiger partial charge in [-0.3, -0.25) is 14.7 Å². The van der Waals surface area contributed by atoms with Crippen molar-refractivity contribution in [2.75, 3.05) is 46.4 Å². The van der Waals surface area contributed by atoms with Crippen molar-refractivity contribution in [3.8, 4) is 0 Å². The minimum Gasteiger partial charge on any atom is -0.463 e. The number of esters is 1. The molecule has 180 valence electrons. The Morgan fingerprint density at radius 3 is 2.24 bits per heavy atom. The maximum absolute atomic E-state index is 13.5. The standard InChI is InChI=1S/C26H31FN4O3/c1-3-34-25(32)23-22(29(2)26(33)28-24(23)20-9-11-21(27)12-10-20)18-31-15-13-30(14-16-31)17-19-7-5-4-6-8-19/h4-12,24H,3,13-18H2,1-2H3,(H,28,33). The highest BCUT2D eigenvalue weighted by atomic mass is 19.1. The van der Waals surface area contributed by atoms with E-state index in [0.717, 1.165) is 32.7 Å². The summed E-state index contributed by atoms with van der Waals surface area (Å²) in [5, 5.41) is 2.87. The molecule has 34 heavy (non-hydrogen) atoms. The second-order valence-corrected chi connectivity index (χ2v) is 8.61. The van der Waals surface area contributed by atoms with Crippen molar-refractivity contribution in [3.63, 3.8) is 0 Å². The molecule has 2 aromatic rings. The number of benzene rings is 2. The van der Waals surface area contributed by atoms with E-state index < -0.39 is 12.0 Å². The van der Waals surface area contributed by atoms with Gasteiger partial charge < -0.3 is 10.1 Å². The zero-order chi connectivity index (χ0) is 24.1. The lowest BCUT2D eigenvalue weighted by Gasteiger charge is -2.39. The van der Waals surface area contributed by atoms with Gasteiger partial charge >= 0.3 is 12.0 Å². The van der Waals surface area contributed by atoms with Crippen LogP contribution in [0.2, 0.25) is 0 Å². The number of carbonyl (C=O) groups is 2. The highest BCUT2D eigenvalue weighted by molar-refractivity contribution is 5.95. The van der Waals surface area contributed by atoms with E-state index in [-0.39, 0.29) is 18.5 Å². The molecule has 2 aliphatic rings. The molecule has 1 saturated heterocycles. The Bertz CT molecular complexity index is 1030. The molecule has 0 bridgehead atoms. The average Bonchev–Trinajstić information content (AvgIpc) is 2.84. The van der Waals surface area contributed by atoms with Crippen molar-refractivity contribution >= 4 is 12.0 Å². The lowest BCUT2D eigenvalue weighted by molar-refractivity contribution is -0.139. The highest BCUT2D eigenvalue weighted by Crippen LogP contribution is 2.31. The molecule has 1 atom stereocenters. The van der Waals surface area contributed by atoms with E-state index in [4.69, 9.17) is 4.74 Å². The topological polar surface area (TPSA) is 65.1 Å². The lowest BCUT2D eigenvalue weighted by Crippen LogP contribution is -2.52. The third kappa shape index (κ3) is 5.46. The van der Waals surface area contributed by atoms with Crippen LogP contribution >= 0.6 is 0 Å². The summed E-state index contributed by atoms with van der Waals surface area (Å²) in [5.41, 5.74) is 2.93. The molecule has 7 nitrogen and oxygen atoms in total. The number of likely N-dealkylation sites (N-methyl/N-ethyl adjacent to an activating group) is 1. The van der Waals surface area contributed by atoms with Gasteiger partial charge in [-0.15, -0.1) is 0 Å². The molecule has 0 aromatic heterocycles. The van der Waals surface area contributed by atoms with Crippen LogP contribution in [0.3, 0.4) is 0 Å². The van der Waals surface area contributed by atoms with E-state index in [9.17, 15) is 14.0 Å². The van der Waals surface area contributed by atoms with E-state index >= 15 is 0 Å². The number of carbonyl (C=O) groups excluding carboxylic acids is 2. The van der Waals surface area contributed by atoms with Gasteiger partial charge in [-0.1, -0.05) is 42.5 Å². The van der Waals surface area contributed by atoms with Crippen LogP contribution in [0.5, 0.6) is 0 Å². The first kappa shape index (κ1) is 23.9. The number of rotatable bonds is 7. The summed E-state index contributed by atoms with van der Waals surface area (Å²) in [5.74, 6) is -0.848. The molecule has 0 aliphatic carbocycles. The van der Waals surface area contributed by atoms with Crippen LogP contribution in [0.4, 0.5) is 9.18 Å². The van der Waals surface area contributed by atoms with Crippen LogP contribution in [0, 0.1) is 5.82 Å². The van der Waals surface area contributed by atoms with Crippen molar-refractivity contribution in [2.24, 2.45) is 0 Å². The molecule has 1 unspecified atom stereocenters. The Labute approximate surface area is 199 Å². The Morgan fingerprint density at radius 2 is 1.62 bits per heavy atom. The molecule has 0 spiro atoms. The van der Waals surface area contributed by atoms with Crippen molar-refractivity contribution in [1.82, 2.24) is 20.0 Å². The first-order valence-corrected chi connectivity index (χ1v) is 11.6. The Kier molecular flexibility index (Phi) is 7.59. The highest BCUT2D eigenvalue weighted by Gasteiger charge is 2.37. The Hall–Kier alpha value is -3.23. The smallest absolute Gasteiger partial charge is 0.338 e. The first-order valence-electron chi connectivity index (χ1n) is 11.6. The van der Waals surface area contributed by atoms with Crippen molar-refractivity contribution < 1.29 is 18.7 Å². The summed E-state index contributed by atoms with van der Waals surface area (Å²) >= 11 is 0. The fourth-order valence-corrected chi connectivity index (χ4v) is 4.46. The zero-order valence-electron chi connectivity index (χ0n) is 19.7. The molecule has 1 N–H and O–H groups in total. The van der Waals surface area contributed by atoms with E-state index in [1.54, 1.807) is 26.1 Å².